The van der Waals surface area contributed by atoms with Gasteiger partial charge in [0.1, 0.15) is 5.00 Å². The molecule has 0 saturated heterocycles. The maximum atomic E-state index is 12.6. The number of carbonyl (C=O) groups is 2. The highest BCUT2D eigenvalue weighted by molar-refractivity contribution is 7.99. The van der Waals surface area contributed by atoms with E-state index in [1.165, 1.54) is 30.2 Å². The smallest absolute Gasteiger partial charge is 0.341 e. The first-order valence-electron chi connectivity index (χ1n) is 9.61. The largest absolute Gasteiger partial charge is 0.465 e. The Balaban J connectivity index is 1.73. The van der Waals surface area contributed by atoms with Gasteiger partial charge in [-0.3, -0.25) is 4.79 Å². The minimum atomic E-state index is -0.433. The molecule has 9 heteroatoms. The van der Waals surface area contributed by atoms with Crippen LogP contribution in [0.2, 0.25) is 0 Å². The van der Waals surface area contributed by atoms with E-state index >= 15 is 0 Å². The van der Waals surface area contributed by atoms with Gasteiger partial charge in [0.25, 0.3) is 0 Å². The predicted molar refractivity (Wildman–Crippen MR) is 120 cm³/mol. The van der Waals surface area contributed by atoms with Crippen molar-refractivity contribution >= 4 is 40.0 Å². The molecule has 7 nitrogen and oxygen atoms in total. The van der Waals surface area contributed by atoms with Crippen LogP contribution in [0.15, 0.2) is 35.5 Å². The SMILES string of the molecule is CCc1c(C)sc(NC(=O)CSc2nnc(-c3ccccc3)n2CC)c1C(=O)OC. The van der Waals surface area contributed by atoms with Crippen molar-refractivity contribution in [3.8, 4) is 11.4 Å². The Kier molecular flexibility index (Phi) is 7.28. The number of nitrogens with one attached hydrogen (secondary N) is 1. The molecule has 0 aliphatic carbocycles. The zero-order valence-electron chi connectivity index (χ0n) is 17.4. The van der Waals surface area contributed by atoms with Crippen molar-refractivity contribution < 1.29 is 14.3 Å². The second kappa shape index (κ2) is 9.90. The van der Waals surface area contributed by atoms with E-state index in [0.717, 1.165) is 21.8 Å². The van der Waals surface area contributed by atoms with Crippen LogP contribution in [0.4, 0.5) is 5.00 Å². The molecule has 3 rings (SSSR count). The summed E-state index contributed by atoms with van der Waals surface area (Å²) in [4.78, 5) is 25.8. The number of thioether (sulfide) groups is 1. The molecule has 2 heterocycles. The summed E-state index contributed by atoms with van der Waals surface area (Å²) in [6, 6.07) is 9.83. The lowest BCUT2D eigenvalue weighted by Crippen LogP contribution is -2.16. The van der Waals surface area contributed by atoms with Crippen molar-refractivity contribution in [3.05, 3.63) is 46.3 Å². The van der Waals surface area contributed by atoms with Crippen molar-refractivity contribution in [2.75, 3.05) is 18.2 Å². The molecule has 30 heavy (non-hydrogen) atoms. The van der Waals surface area contributed by atoms with Crippen molar-refractivity contribution in [1.29, 1.82) is 0 Å². The van der Waals surface area contributed by atoms with Crippen LogP contribution in [0.3, 0.4) is 0 Å². The van der Waals surface area contributed by atoms with Crippen LogP contribution < -0.4 is 5.32 Å². The third-order valence-electron chi connectivity index (χ3n) is 4.60. The molecule has 0 atom stereocenters. The zero-order chi connectivity index (χ0) is 21.7. The number of aryl methyl sites for hydroxylation is 1. The van der Waals surface area contributed by atoms with E-state index in [9.17, 15) is 9.59 Å². The lowest BCUT2D eigenvalue weighted by molar-refractivity contribution is -0.113. The molecule has 0 radical (unpaired) electrons. The summed E-state index contributed by atoms with van der Waals surface area (Å²) < 4.78 is 6.89. The normalized spacial score (nSPS) is 10.8. The second-order valence-electron chi connectivity index (χ2n) is 6.44. The average Bonchev–Trinajstić information content (AvgIpc) is 3.31. The molecule has 1 aromatic carbocycles. The Bertz CT molecular complexity index is 1040. The number of benzene rings is 1. The summed E-state index contributed by atoms with van der Waals surface area (Å²) in [5.41, 5.74) is 2.34. The molecule has 0 bridgehead atoms. The maximum Gasteiger partial charge on any atom is 0.341 e. The van der Waals surface area contributed by atoms with Gasteiger partial charge < -0.3 is 14.6 Å². The van der Waals surface area contributed by atoms with Crippen molar-refractivity contribution in [2.24, 2.45) is 0 Å². The van der Waals surface area contributed by atoms with E-state index < -0.39 is 5.97 Å². The first-order valence-corrected chi connectivity index (χ1v) is 11.4. The van der Waals surface area contributed by atoms with E-state index in [2.05, 4.69) is 15.5 Å². The first kappa shape index (κ1) is 22.0. The highest BCUT2D eigenvalue weighted by atomic mass is 32.2. The number of thiophene rings is 1. The van der Waals surface area contributed by atoms with Crippen molar-refractivity contribution in [1.82, 2.24) is 14.8 Å². The van der Waals surface area contributed by atoms with Crippen LogP contribution in [0, 0.1) is 6.92 Å². The minimum absolute atomic E-state index is 0.159. The molecule has 2 aromatic heterocycles. The van der Waals surface area contributed by atoms with E-state index in [1.54, 1.807) is 0 Å². The van der Waals surface area contributed by atoms with Crippen LogP contribution in [0.1, 0.15) is 34.6 Å². The Hall–Kier alpha value is -2.65. The molecule has 0 aliphatic heterocycles. The Labute approximate surface area is 183 Å². The fraction of sp³-hybridized carbons (Fsp3) is 0.333. The van der Waals surface area contributed by atoms with Gasteiger partial charge in [-0.05, 0) is 25.8 Å². The van der Waals surface area contributed by atoms with Crippen LogP contribution >= 0.6 is 23.1 Å². The molecule has 0 fully saturated rings. The van der Waals surface area contributed by atoms with Gasteiger partial charge >= 0.3 is 5.97 Å². The number of anilines is 1. The van der Waals surface area contributed by atoms with Gasteiger partial charge in [0, 0.05) is 17.0 Å². The van der Waals surface area contributed by atoms with E-state index in [1.807, 2.05) is 55.7 Å². The van der Waals surface area contributed by atoms with E-state index in [-0.39, 0.29) is 11.7 Å². The highest BCUT2D eigenvalue weighted by Crippen LogP contribution is 2.34. The Morgan fingerprint density at radius 2 is 1.93 bits per heavy atom. The average molecular weight is 445 g/mol. The molecular formula is C21H24N4O3S2. The number of carbonyl (C=O) groups excluding carboxylic acids is 2. The molecule has 3 aromatic rings. The van der Waals surface area contributed by atoms with Gasteiger partial charge in [0.2, 0.25) is 5.91 Å². The van der Waals surface area contributed by atoms with Gasteiger partial charge in [0.05, 0.1) is 18.4 Å². The van der Waals surface area contributed by atoms with Gasteiger partial charge in [-0.1, -0.05) is 49.0 Å². The van der Waals surface area contributed by atoms with Crippen LogP contribution in [-0.4, -0.2) is 39.5 Å². The number of amides is 1. The summed E-state index contributed by atoms with van der Waals surface area (Å²) >= 11 is 2.71. The number of methoxy groups -OCH3 is 1. The Morgan fingerprint density at radius 1 is 1.20 bits per heavy atom. The van der Waals surface area contributed by atoms with Gasteiger partial charge in [-0.15, -0.1) is 21.5 Å². The fourth-order valence-electron chi connectivity index (χ4n) is 3.18. The van der Waals surface area contributed by atoms with Crippen LogP contribution in [0.25, 0.3) is 11.4 Å². The summed E-state index contributed by atoms with van der Waals surface area (Å²) in [6.45, 7) is 6.63. The number of rotatable bonds is 8. The van der Waals surface area contributed by atoms with Crippen LogP contribution in [-0.2, 0) is 22.5 Å². The number of aromatic nitrogens is 3. The van der Waals surface area contributed by atoms with Crippen molar-refractivity contribution in [2.45, 2.75) is 38.9 Å². The summed E-state index contributed by atoms with van der Waals surface area (Å²) in [5, 5.41) is 12.6. The fourth-order valence-corrected chi connectivity index (χ4v) is 5.14. The van der Waals surface area contributed by atoms with E-state index in [4.69, 9.17) is 4.74 Å². The molecule has 0 saturated carbocycles. The monoisotopic (exact) mass is 444 g/mol. The molecule has 0 unspecified atom stereocenters. The standard InChI is InChI=1S/C21H24N4O3S2/c1-5-15-13(3)30-19(17(15)20(27)28-4)22-16(26)12-29-21-24-23-18(25(21)6-2)14-10-8-7-9-11-14/h7-11H,5-6,12H2,1-4H3,(H,22,26). The quantitative estimate of drug-likeness (QED) is 0.409. The number of hydrogen-bond donors (Lipinski definition) is 1. The van der Waals surface area contributed by atoms with Crippen molar-refractivity contribution in [3.63, 3.8) is 0 Å². The minimum Gasteiger partial charge on any atom is -0.465 e. The molecular weight excluding hydrogens is 420 g/mol. The molecule has 0 aliphatic rings. The predicted octanol–water partition coefficient (Wildman–Crippen LogP) is 4.41. The Morgan fingerprint density at radius 3 is 2.57 bits per heavy atom. The number of esters is 1. The zero-order valence-corrected chi connectivity index (χ0v) is 19.0. The topological polar surface area (TPSA) is 86.1 Å². The van der Waals surface area contributed by atoms with Gasteiger partial charge in [-0.2, -0.15) is 0 Å². The molecule has 1 amide bonds. The van der Waals surface area contributed by atoms with Crippen LogP contribution in [0.5, 0.6) is 0 Å². The summed E-state index contributed by atoms with van der Waals surface area (Å²) in [7, 11) is 1.35. The lowest BCUT2D eigenvalue weighted by Gasteiger charge is -2.08. The third kappa shape index (κ3) is 4.57. The van der Waals surface area contributed by atoms with Gasteiger partial charge in [0.15, 0.2) is 11.0 Å². The maximum absolute atomic E-state index is 12.6. The third-order valence-corrected chi connectivity index (χ3v) is 6.63. The number of nitrogens with zero attached hydrogens (tertiary/aromatic N) is 3. The highest BCUT2D eigenvalue weighted by Gasteiger charge is 2.23. The van der Waals surface area contributed by atoms with Gasteiger partial charge in [-0.25, -0.2) is 4.79 Å². The lowest BCUT2D eigenvalue weighted by atomic mass is 10.1. The molecule has 0 spiro atoms. The summed E-state index contributed by atoms with van der Waals surface area (Å²) in [6.07, 6.45) is 0.694. The van der Waals surface area contributed by atoms with E-state index in [0.29, 0.717) is 28.7 Å². The number of hydrogen-bond acceptors (Lipinski definition) is 7. The molecule has 1 N–H and O–H groups in total. The second-order valence-corrected chi connectivity index (χ2v) is 8.61. The number of ether oxygens (including phenoxy) is 1. The summed E-state index contributed by atoms with van der Waals surface area (Å²) in [5.74, 6) is 0.292. The molecule has 158 valence electrons. The first-order chi connectivity index (χ1) is 14.5.